The topological polar surface area (TPSA) is 66.8 Å². The Morgan fingerprint density at radius 2 is 1.27 bits per heavy atom. The highest BCUT2D eigenvalue weighted by Crippen LogP contribution is 2.42. The van der Waals surface area contributed by atoms with Gasteiger partial charge in [-0.2, -0.15) is 0 Å². The van der Waals surface area contributed by atoms with Gasteiger partial charge in [0.1, 0.15) is 11.5 Å². The molecule has 0 aliphatic carbocycles. The Hall–Kier alpha value is -2.75. The maximum atomic E-state index is 12.5. The summed E-state index contributed by atoms with van der Waals surface area (Å²) in [6.07, 6.45) is 1.22. The summed E-state index contributed by atoms with van der Waals surface area (Å²) in [7, 11) is 0. The van der Waals surface area contributed by atoms with E-state index in [1.807, 2.05) is 72.7 Å². The summed E-state index contributed by atoms with van der Waals surface area (Å²) < 4.78 is 5.05. The zero-order valence-electron chi connectivity index (χ0n) is 19.2. The van der Waals surface area contributed by atoms with Crippen molar-refractivity contribution in [2.75, 3.05) is 0 Å². The third kappa shape index (κ3) is 4.86. The molecular weight excluding hydrogens is 376 g/mol. The van der Waals surface area contributed by atoms with Crippen molar-refractivity contribution in [2.45, 2.75) is 71.1 Å². The first-order valence-corrected chi connectivity index (χ1v) is 10.2. The van der Waals surface area contributed by atoms with E-state index in [4.69, 9.17) is 4.74 Å². The molecule has 0 atom stereocenters. The number of phenolic OH excluding ortho intramolecular Hbond substituents is 2. The molecule has 0 unspecified atom stereocenters. The number of esters is 1. The number of benzene rings is 2. The van der Waals surface area contributed by atoms with E-state index in [1.165, 1.54) is 0 Å². The predicted octanol–water partition coefficient (Wildman–Crippen LogP) is 6.08. The van der Waals surface area contributed by atoms with Crippen LogP contribution in [0.3, 0.4) is 0 Å². The smallest absolute Gasteiger partial charge is 0.311 e. The second kappa shape index (κ2) is 8.17. The van der Waals surface area contributed by atoms with Crippen LogP contribution in [0.5, 0.6) is 11.5 Å². The molecule has 0 aromatic heterocycles. The van der Waals surface area contributed by atoms with Gasteiger partial charge in [0, 0.05) is 5.41 Å². The van der Waals surface area contributed by atoms with Gasteiger partial charge < -0.3 is 14.9 Å². The van der Waals surface area contributed by atoms with Crippen LogP contribution in [0.2, 0.25) is 0 Å². The third-order valence-electron chi connectivity index (χ3n) is 5.60. The molecule has 2 aromatic carbocycles. The molecule has 2 rings (SSSR count). The van der Waals surface area contributed by atoms with Crippen molar-refractivity contribution < 1.29 is 19.7 Å². The Labute approximate surface area is 180 Å². The first-order chi connectivity index (χ1) is 13.7. The molecule has 0 radical (unpaired) electrons. The molecule has 4 nitrogen and oxygen atoms in total. The molecule has 0 aliphatic rings. The summed E-state index contributed by atoms with van der Waals surface area (Å²) in [5.41, 5.74) is 2.11. The van der Waals surface area contributed by atoms with Gasteiger partial charge in [0.2, 0.25) is 0 Å². The molecule has 0 saturated heterocycles. The fourth-order valence-electron chi connectivity index (χ4n) is 3.75. The van der Waals surface area contributed by atoms with Crippen LogP contribution in [0.25, 0.3) is 0 Å². The quantitative estimate of drug-likeness (QED) is 0.463. The first kappa shape index (κ1) is 23.5. The second-order valence-electron chi connectivity index (χ2n) is 10.1. The number of carbonyl (C=O) groups is 1. The van der Waals surface area contributed by atoms with Gasteiger partial charge in [-0.1, -0.05) is 79.3 Å². The minimum absolute atomic E-state index is 0.0851. The fourth-order valence-corrected chi connectivity index (χ4v) is 3.75. The van der Waals surface area contributed by atoms with E-state index in [2.05, 4.69) is 6.58 Å². The largest absolute Gasteiger partial charge is 0.508 e. The molecule has 0 aliphatic heterocycles. The number of carbonyl (C=O) groups excluding carboxylic acids is 1. The molecule has 0 bridgehead atoms. The predicted molar refractivity (Wildman–Crippen MR) is 121 cm³/mol. The zero-order valence-corrected chi connectivity index (χ0v) is 19.2. The van der Waals surface area contributed by atoms with Crippen LogP contribution in [-0.2, 0) is 25.8 Å². The maximum Gasteiger partial charge on any atom is 0.311 e. The van der Waals surface area contributed by atoms with E-state index < -0.39 is 11.4 Å². The molecule has 0 fully saturated rings. The van der Waals surface area contributed by atoms with Crippen molar-refractivity contribution in [1.29, 1.82) is 0 Å². The van der Waals surface area contributed by atoms with Crippen molar-refractivity contribution in [1.82, 2.24) is 0 Å². The molecule has 2 N–H and O–H groups in total. The van der Waals surface area contributed by atoms with Crippen molar-refractivity contribution >= 4 is 5.97 Å². The number of hydrogen-bond donors (Lipinski definition) is 2. The highest BCUT2D eigenvalue weighted by Gasteiger charge is 2.35. The van der Waals surface area contributed by atoms with Gasteiger partial charge in [0.05, 0.1) is 12.7 Å². The molecule has 0 spiro atoms. The summed E-state index contributed by atoms with van der Waals surface area (Å²) in [5.74, 6) is 0.0509. The number of aromatic hydroxyl groups is 2. The third-order valence-corrected chi connectivity index (χ3v) is 5.60. The van der Waals surface area contributed by atoms with Crippen LogP contribution in [0.15, 0.2) is 49.2 Å². The molecule has 162 valence electrons. The molecule has 0 saturated carbocycles. The molecular formula is C26H34O4. The molecule has 30 heavy (non-hydrogen) atoms. The van der Waals surface area contributed by atoms with Gasteiger partial charge in [-0.15, -0.1) is 0 Å². The fraction of sp³-hybridized carbons (Fsp3) is 0.423. The van der Waals surface area contributed by atoms with E-state index in [0.717, 1.165) is 28.5 Å². The standard InChI is InChI=1S/C26H34O4/c1-9-30-23(29)16-26(8,17-10-12-21(27)19(14-17)24(2,3)4)18-11-13-22(28)20(15-18)25(5,6)7/h9-15,27-28H,1,16H2,2-8H3. The highest BCUT2D eigenvalue weighted by atomic mass is 16.5. The van der Waals surface area contributed by atoms with Crippen LogP contribution in [0.1, 0.15) is 77.1 Å². The molecule has 0 heterocycles. The Kier molecular flexibility index (Phi) is 6.41. The van der Waals surface area contributed by atoms with E-state index >= 15 is 0 Å². The summed E-state index contributed by atoms with van der Waals surface area (Å²) in [4.78, 5) is 12.5. The Morgan fingerprint density at radius 1 is 0.867 bits per heavy atom. The van der Waals surface area contributed by atoms with Crippen molar-refractivity contribution in [3.8, 4) is 11.5 Å². The normalized spacial score (nSPS) is 12.5. The lowest BCUT2D eigenvalue weighted by Crippen LogP contribution is -2.29. The van der Waals surface area contributed by atoms with Crippen LogP contribution >= 0.6 is 0 Å². The van der Waals surface area contributed by atoms with E-state index in [0.29, 0.717) is 0 Å². The van der Waals surface area contributed by atoms with Gasteiger partial charge in [0.25, 0.3) is 0 Å². The zero-order chi connectivity index (χ0) is 22.9. The second-order valence-corrected chi connectivity index (χ2v) is 10.1. The first-order valence-electron chi connectivity index (χ1n) is 10.2. The van der Waals surface area contributed by atoms with Crippen LogP contribution in [-0.4, -0.2) is 16.2 Å². The van der Waals surface area contributed by atoms with Crippen LogP contribution in [0, 0.1) is 0 Å². The Bertz CT molecular complexity index is 879. The van der Waals surface area contributed by atoms with Gasteiger partial charge >= 0.3 is 5.97 Å². The van der Waals surface area contributed by atoms with Crippen molar-refractivity contribution in [3.63, 3.8) is 0 Å². The van der Waals surface area contributed by atoms with Crippen molar-refractivity contribution in [2.24, 2.45) is 0 Å². The van der Waals surface area contributed by atoms with Crippen molar-refractivity contribution in [3.05, 3.63) is 71.5 Å². The minimum Gasteiger partial charge on any atom is -0.508 e. The van der Waals surface area contributed by atoms with Gasteiger partial charge in [-0.05, 0) is 45.2 Å². The van der Waals surface area contributed by atoms with E-state index in [1.54, 1.807) is 12.1 Å². The number of ether oxygens (including phenoxy) is 1. The maximum absolute atomic E-state index is 12.5. The van der Waals surface area contributed by atoms with Gasteiger partial charge in [-0.25, -0.2) is 0 Å². The summed E-state index contributed by atoms with van der Waals surface area (Å²) in [6.45, 7) is 17.7. The average molecular weight is 411 g/mol. The number of hydrogen-bond acceptors (Lipinski definition) is 4. The minimum atomic E-state index is -0.735. The van der Waals surface area contributed by atoms with Crippen LogP contribution in [0.4, 0.5) is 0 Å². The Balaban J connectivity index is 2.75. The monoisotopic (exact) mass is 410 g/mol. The lowest BCUT2D eigenvalue weighted by molar-refractivity contribution is -0.139. The Morgan fingerprint density at radius 3 is 1.60 bits per heavy atom. The van der Waals surface area contributed by atoms with E-state index in [9.17, 15) is 15.0 Å². The number of rotatable bonds is 5. The lowest BCUT2D eigenvalue weighted by atomic mass is 9.70. The lowest BCUT2D eigenvalue weighted by Gasteiger charge is -2.33. The molecule has 0 amide bonds. The highest BCUT2D eigenvalue weighted by molar-refractivity contribution is 5.73. The summed E-state index contributed by atoms with van der Waals surface area (Å²) in [5, 5.41) is 20.8. The average Bonchev–Trinajstić information content (AvgIpc) is 2.60. The van der Waals surface area contributed by atoms with Gasteiger partial charge in [0.15, 0.2) is 0 Å². The SMILES string of the molecule is C=COC(=O)CC(C)(c1ccc(O)c(C(C)(C)C)c1)c1ccc(O)c(C(C)(C)C)c1. The van der Waals surface area contributed by atoms with E-state index in [-0.39, 0.29) is 28.7 Å². The number of phenols is 2. The van der Waals surface area contributed by atoms with Gasteiger partial charge in [-0.3, -0.25) is 4.79 Å². The molecule has 4 heteroatoms. The summed E-state index contributed by atoms with van der Waals surface area (Å²) in [6, 6.07) is 11.0. The summed E-state index contributed by atoms with van der Waals surface area (Å²) >= 11 is 0. The van der Waals surface area contributed by atoms with Crippen LogP contribution < -0.4 is 0 Å². The molecule has 2 aromatic rings.